The largest absolute Gasteiger partial charge is 0.379 e. The Morgan fingerprint density at radius 3 is 2.54 bits per heavy atom. The Hall–Kier alpha value is -1.92. The van der Waals surface area contributed by atoms with Crippen LogP contribution < -0.4 is 5.32 Å². The molecule has 0 radical (unpaired) electrons. The van der Waals surface area contributed by atoms with E-state index in [1.165, 1.54) is 6.92 Å². The zero-order valence-electron chi connectivity index (χ0n) is 14.8. The minimum Gasteiger partial charge on any atom is -0.379 e. The Morgan fingerprint density at radius 2 is 1.92 bits per heavy atom. The van der Waals surface area contributed by atoms with Crippen molar-refractivity contribution in [3.8, 4) is 0 Å². The van der Waals surface area contributed by atoms with Crippen LogP contribution in [-0.2, 0) is 25.6 Å². The second kappa shape index (κ2) is 11.6. The van der Waals surface area contributed by atoms with Crippen LogP contribution in [0.3, 0.4) is 0 Å². The molecule has 1 atom stereocenters. The van der Waals surface area contributed by atoms with Crippen molar-refractivity contribution in [2.24, 2.45) is 0 Å². The first-order valence-corrected chi connectivity index (χ1v) is 8.31. The lowest BCUT2D eigenvalue weighted by Crippen LogP contribution is -2.43. The molecule has 1 rings (SSSR count). The fourth-order valence-corrected chi connectivity index (χ4v) is 2.19. The van der Waals surface area contributed by atoms with E-state index in [-0.39, 0.29) is 11.8 Å². The van der Waals surface area contributed by atoms with Crippen molar-refractivity contribution in [3.63, 3.8) is 0 Å². The van der Waals surface area contributed by atoms with Gasteiger partial charge in [-0.15, -0.1) is 0 Å². The number of nitrogens with zero attached hydrogens (tertiary/aromatic N) is 1. The fraction of sp³-hybridized carbons (Fsp3) is 0.556. The second-order valence-corrected chi connectivity index (χ2v) is 5.44. The lowest BCUT2D eigenvalue weighted by atomic mass is 10.2. The normalized spacial score (nSPS) is 11.8. The summed E-state index contributed by atoms with van der Waals surface area (Å²) < 4.78 is 10.8. The zero-order chi connectivity index (χ0) is 17.8. The van der Waals surface area contributed by atoms with Gasteiger partial charge in [0.1, 0.15) is 6.10 Å². The van der Waals surface area contributed by atoms with Crippen molar-refractivity contribution in [2.75, 3.05) is 32.9 Å². The van der Waals surface area contributed by atoms with Crippen LogP contribution in [0.2, 0.25) is 0 Å². The molecule has 1 N–H and O–H groups in total. The van der Waals surface area contributed by atoms with Gasteiger partial charge in [0.15, 0.2) is 0 Å². The van der Waals surface area contributed by atoms with Crippen LogP contribution >= 0.6 is 0 Å². The van der Waals surface area contributed by atoms with Crippen LogP contribution in [0.15, 0.2) is 30.3 Å². The monoisotopic (exact) mass is 336 g/mol. The summed E-state index contributed by atoms with van der Waals surface area (Å²) in [6.45, 7) is 7.93. The van der Waals surface area contributed by atoms with E-state index >= 15 is 0 Å². The Bertz CT molecular complexity index is 493. The van der Waals surface area contributed by atoms with E-state index in [2.05, 4.69) is 5.32 Å². The zero-order valence-corrected chi connectivity index (χ0v) is 14.8. The van der Waals surface area contributed by atoms with Crippen LogP contribution in [0, 0.1) is 0 Å². The minimum absolute atomic E-state index is 0.0966. The van der Waals surface area contributed by atoms with Crippen LogP contribution in [-0.4, -0.2) is 55.7 Å². The van der Waals surface area contributed by atoms with Gasteiger partial charge in [0.25, 0.3) is 5.91 Å². The SMILES string of the molecule is CCOCCO[C@@H](C)C(=O)N(CCNC(C)=O)Cc1ccccc1. The number of carbonyl (C=O) groups is 2. The number of hydrogen-bond acceptors (Lipinski definition) is 4. The molecule has 24 heavy (non-hydrogen) atoms. The Balaban J connectivity index is 2.60. The molecule has 134 valence electrons. The van der Waals surface area contributed by atoms with Gasteiger partial charge in [-0.05, 0) is 19.4 Å². The van der Waals surface area contributed by atoms with Gasteiger partial charge in [-0.1, -0.05) is 30.3 Å². The molecule has 0 saturated carbocycles. The number of nitrogens with one attached hydrogen (secondary N) is 1. The van der Waals surface area contributed by atoms with Crippen LogP contribution in [0.25, 0.3) is 0 Å². The predicted molar refractivity (Wildman–Crippen MR) is 92.4 cm³/mol. The minimum atomic E-state index is -0.550. The average Bonchev–Trinajstić information content (AvgIpc) is 2.57. The summed E-state index contributed by atoms with van der Waals surface area (Å²) in [6, 6.07) is 9.76. The third kappa shape index (κ3) is 8.08. The molecule has 6 nitrogen and oxygen atoms in total. The van der Waals surface area contributed by atoms with E-state index in [0.29, 0.717) is 39.5 Å². The van der Waals surface area contributed by atoms with Crippen LogP contribution in [0.4, 0.5) is 0 Å². The molecular formula is C18H28N2O4. The van der Waals surface area contributed by atoms with Crippen molar-refractivity contribution in [2.45, 2.75) is 33.4 Å². The van der Waals surface area contributed by atoms with Crippen LogP contribution in [0.1, 0.15) is 26.3 Å². The summed E-state index contributed by atoms with van der Waals surface area (Å²) in [7, 11) is 0. The van der Waals surface area contributed by atoms with Gasteiger partial charge >= 0.3 is 0 Å². The number of amides is 2. The third-order valence-corrected chi connectivity index (χ3v) is 3.43. The van der Waals surface area contributed by atoms with Gasteiger partial charge in [-0.2, -0.15) is 0 Å². The molecule has 0 spiro atoms. The van der Waals surface area contributed by atoms with E-state index < -0.39 is 6.10 Å². The first-order valence-electron chi connectivity index (χ1n) is 8.31. The number of benzene rings is 1. The van der Waals surface area contributed by atoms with Crippen molar-refractivity contribution in [3.05, 3.63) is 35.9 Å². The summed E-state index contributed by atoms with van der Waals surface area (Å²) in [5, 5.41) is 2.72. The molecule has 0 aliphatic heterocycles. The van der Waals surface area contributed by atoms with Gasteiger partial charge in [0, 0.05) is 33.2 Å². The van der Waals surface area contributed by atoms with E-state index in [1.54, 1.807) is 11.8 Å². The van der Waals surface area contributed by atoms with Gasteiger partial charge < -0.3 is 19.7 Å². The molecule has 0 bridgehead atoms. The highest BCUT2D eigenvalue weighted by Gasteiger charge is 2.21. The molecular weight excluding hydrogens is 308 g/mol. The Labute approximate surface area is 144 Å². The summed E-state index contributed by atoms with van der Waals surface area (Å²) in [5.74, 6) is -0.205. The van der Waals surface area contributed by atoms with E-state index in [9.17, 15) is 9.59 Å². The molecule has 0 aliphatic carbocycles. The van der Waals surface area contributed by atoms with Crippen molar-refractivity contribution in [1.82, 2.24) is 10.2 Å². The lowest BCUT2D eigenvalue weighted by molar-refractivity contribution is -0.144. The molecule has 0 unspecified atom stereocenters. The third-order valence-electron chi connectivity index (χ3n) is 3.43. The Morgan fingerprint density at radius 1 is 1.21 bits per heavy atom. The van der Waals surface area contributed by atoms with E-state index in [4.69, 9.17) is 9.47 Å². The Kier molecular flexibility index (Phi) is 9.72. The topological polar surface area (TPSA) is 67.9 Å². The number of hydrogen-bond donors (Lipinski definition) is 1. The maximum absolute atomic E-state index is 12.6. The molecule has 2 amide bonds. The molecule has 0 saturated heterocycles. The number of carbonyl (C=O) groups excluding carboxylic acids is 2. The molecule has 1 aromatic rings. The van der Waals surface area contributed by atoms with Gasteiger partial charge in [0.05, 0.1) is 13.2 Å². The maximum Gasteiger partial charge on any atom is 0.251 e. The highest BCUT2D eigenvalue weighted by atomic mass is 16.5. The number of rotatable bonds is 11. The maximum atomic E-state index is 12.6. The molecule has 1 aromatic carbocycles. The molecule has 0 fully saturated rings. The van der Waals surface area contributed by atoms with Crippen molar-refractivity contribution in [1.29, 1.82) is 0 Å². The quantitative estimate of drug-likeness (QED) is 0.623. The summed E-state index contributed by atoms with van der Waals surface area (Å²) in [4.78, 5) is 25.4. The molecule has 0 aromatic heterocycles. The predicted octanol–water partition coefficient (Wildman–Crippen LogP) is 1.59. The molecule has 6 heteroatoms. The van der Waals surface area contributed by atoms with Gasteiger partial charge in [0.2, 0.25) is 5.91 Å². The van der Waals surface area contributed by atoms with Gasteiger partial charge in [-0.3, -0.25) is 9.59 Å². The first-order chi connectivity index (χ1) is 11.5. The summed E-state index contributed by atoms with van der Waals surface area (Å²) in [5.41, 5.74) is 1.04. The highest BCUT2D eigenvalue weighted by molar-refractivity contribution is 5.80. The van der Waals surface area contributed by atoms with Crippen molar-refractivity contribution >= 4 is 11.8 Å². The molecule has 0 heterocycles. The first kappa shape index (κ1) is 20.1. The highest BCUT2D eigenvalue weighted by Crippen LogP contribution is 2.07. The second-order valence-electron chi connectivity index (χ2n) is 5.44. The fourth-order valence-electron chi connectivity index (χ4n) is 2.19. The molecule has 0 aliphatic rings. The lowest BCUT2D eigenvalue weighted by Gasteiger charge is -2.26. The van der Waals surface area contributed by atoms with Crippen molar-refractivity contribution < 1.29 is 19.1 Å². The summed E-state index contributed by atoms with van der Waals surface area (Å²) in [6.07, 6.45) is -0.550. The summed E-state index contributed by atoms with van der Waals surface area (Å²) >= 11 is 0. The number of ether oxygens (including phenoxy) is 2. The van der Waals surface area contributed by atoms with E-state index in [1.807, 2.05) is 37.3 Å². The average molecular weight is 336 g/mol. The van der Waals surface area contributed by atoms with Gasteiger partial charge in [-0.25, -0.2) is 0 Å². The van der Waals surface area contributed by atoms with E-state index in [0.717, 1.165) is 5.56 Å². The standard InChI is InChI=1S/C18H28N2O4/c1-4-23-12-13-24-15(2)18(22)20(11-10-19-16(3)21)14-17-8-6-5-7-9-17/h5-9,15H,4,10-14H2,1-3H3,(H,19,21)/t15-/m0/s1. The smallest absolute Gasteiger partial charge is 0.251 e. The van der Waals surface area contributed by atoms with Crippen LogP contribution in [0.5, 0.6) is 0 Å².